The second kappa shape index (κ2) is 3.42. The molecule has 0 saturated carbocycles. The lowest BCUT2D eigenvalue weighted by molar-refractivity contribution is 0.841. The predicted octanol–water partition coefficient (Wildman–Crippen LogP) is 1.63. The molecule has 0 unspecified atom stereocenters. The topological polar surface area (TPSA) is 50.7 Å². The highest BCUT2D eigenvalue weighted by Gasteiger charge is 2.02. The number of hydrogen-bond acceptors (Lipinski definition) is 2. The molecule has 0 fully saturated rings. The Morgan fingerprint density at radius 1 is 1.50 bits per heavy atom. The Morgan fingerprint density at radius 2 is 2.29 bits per heavy atom. The first kappa shape index (κ1) is 9.21. The number of aryl methyl sites for hydroxylation is 1. The fourth-order valence-corrected chi connectivity index (χ4v) is 1.45. The van der Waals surface area contributed by atoms with E-state index in [9.17, 15) is 4.79 Å². The summed E-state index contributed by atoms with van der Waals surface area (Å²) in [6.45, 7) is 1.96. The van der Waals surface area contributed by atoms with Crippen molar-refractivity contribution in [1.82, 2.24) is 14.8 Å². The van der Waals surface area contributed by atoms with Crippen LogP contribution in [0.5, 0.6) is 0 Å². The number of nitrogens with one attached hydrogen (secondary N) is 1. The van der Waals surface area contributed by atoms with Crippen molar-refractivity contribution in [2.45, 2.75) is 6.92 Å². The van der Waals surface area contributed by atoms with Crippen molar-refractivity contribution in [3.05, 3.63) is 45.0 Å². The average molecular weight is 254 g/mol. The van der Waals surface area contributed by atoms with Gasteiger partial charge in [0.2, 0.25) is 0 Å². The molecule has 1 N–H and O–H groups in total. The molecule has 0 aliphatic heterocycles. The third kappa shape index (κ3) is 1.50. The van der Waals surface area contributed by atoms with Gasteiger partial charge in [0.15, 0.2) is 0 Å². The van der Waals surface area contributed by atoms with Crippen molar-refractivity contribution in [1.29, 1.82) is 0 Å². The Morgan fingerprint density at radius 3 is 2.86 bits per heavy atom. The van der Waals surface area contributed by atoms with Crippen molar-refractivity contribution >= 4 is 15.9 Å². The first-order chi connectivity index (χ1) is 6.68. The van der Waals surface area contributed by atoms with E-state index in [0.717, 1.165) is 15.7 Å². The summed E-state index contributed by atoms with van der Waals surface area (Å²) < 4.78 is 2.34. The summed E-state index contributed by atoms with van der Waals surface area (Å²) in [6.07, 6.45) is 1.37. The lowest BCUT2D eigenvalue weighted by Gasteiger charge is -2.02. The Balaban J connectivity index is 2.59. The smallest absolute Gasteiger partial charge is 0.295 e. The largest absolute Gasteiger partial charge is 0.347 e. The van der Waals surface area contributed by atoms with Crippen LogP contribution in [-0.4, -0.2) is 14.8 Å². The van der Waals surface area contributed by atoms with Gasteiger partial charge in [-0.25, -0.2) is 4.79 Å². The van der Waals surface area contributed by atoms with E-state index in [0.29, 0.717) is 0 Å². The molecule has 0 saturated heterocycles. The molecule has 72 valence electrons. The summed E-state index contributed by atoms with van der Waals surface area (Å²) in [5.41, 5.74) is 1.60. The molecule has 0 aliphatic rings. The summed E-state index contributed by atoms with van der Waals surface area (Å²) in [5.74, 6) is 0. The fourth-order valence-electron chi connectivity index (χ4n) is 1.20. The standard InChI is InChI=1S/C9H8BrN3O/c1-6-4-7(2-3-8(6)10)13-9(14)11-5-12-13/h2-5H,1H3,(H,11,12,14). The van der Waals surface area contributed by atoms with Crippen LogP contribution in [0.15, 0.2) is 33.8 Å². The van der Waals surface area contributed by atoms with Gasteiger partial charge in [0.25, 0.3) is 0 Å². The van der Waals surface area contributed by atoms with Crippen LogP contribution in [0, 0.1) is 6.92 Å². The van der Waals surface area contributed by atoms with Gasteiger partial charge >= 0.3 is 5.69 Å². The van der Waals surface area contributed by atoms with Gasteiger partial charge in [0, 0.05) is 4.47 Å². The van der Waals surface area contributed by atoms with Crippen molar-refractivity contribution < 1.29 is 0 Å². The molecule has 4 nitrogen and oxygen atoms in total. The number of benzene rings is 1. The van der Waals surface area contributed by atoms with E-state index in [1.54, 1.807) is 0 Å². The van der Waals surface area contributed by atoms with Crippen molar-refractivity contribution in [3.8, 4) is 5.69 Å². The Labute approximate surface area is 88.7 Å². The van der Waals surface area contributed by atoms with Gasteiger partial charge in [-0.3, -0.25) is 4.98 Å². The van der Waals surface area contributed by atoms with Gasteiger partial charge in [0.05, 0.1) is 5.69 Å². The molecule has 2 rings (SSSR count). The average Bonchev–Trinajstić information content (AvgIpc) is 2.57. The molecule has 2 aromatic rings. The first-order valence-corrected chi connectivity index (χ1v) is 4.87. The monoisotopic (exact) mass is 253 g/mol. The Bertz CT molecular complexity index is 515. The molecule has 14 heavy (non-hydrogen) atoms. The molecule has 0 amide bonds. The molecule has 1 heterocycles. The maximum atomic E-state index is 11.2. The van der Waals surface area contributed by atoms with Crippen molar-refractivity contribution in [2.75, 3.05) is 0 Å². The van der Waals surface area contributed by atoms with Crippen LogP contribution in [-0.2, 0) is 0 Å². The van der Waals surface area contributed by atoms with Crippen LogP contribution in [0.3, 0.4) is 0 Å². The molecule has 0 radical (unpaired) electrons. The Hall–Kier alpha value is -1.36. The number of aromatic nitrogens is 3. The summed E-state index contributed by atoms with van der Waals surface area (Å²) in [6, 6.07) is 5.62. The van der Waals surface area contributed by atoms with Crippen molar-refractivity contribution in [2.24, 2.45) is 0 Å². The van der Waals surface area contributed by atoms with Crippen molar-refractivity contribution in [3.63, 3.8) is 0 Å². The Kier molecular flexibility index (Phi) is 2.25. The molecule has 5 heteroatoms. The van der Waals surface area contributed by atoms with E-state index in [4.69, 9.17) is 0 Å². The highest BCUT2D eigenvalue weighted by Crippen LogP contribution is 2.17. The highest BCUT2D eigenvalue weighted by molar-refractivity contribution is 9.10. The van der Waals surface area contributed by atoms with E-state index < -0.39 is 0 Å². The van der Waals surface area contributed by atoms with Crippen LogP contribution < -0.4 is 5.69 Å². The minimum Gasteiger partial charge on any atom is -0.295 e. The quantitative estimate of drug-likeness (QED) is 0.840. The molecule has 0 aliphatic carbocycles. The van der Waals surface area contributed by atoms with E-state index >= 15 is 0 Å². The summed E-state index contributed by atoms with van der Waals surface area (Å²) in [4.78, 5) is 13.7. The maximum Gasteiger partial charge on any atom is 0.347 e. The number of hydrogen-bond donors (Lipinski definition) is 1. The number of H-pyrrole nitrogens is 1. The van der Waals surface area contributed by atoms with Gasteiger partial charge in [0.1, 0.15) is 6.33 Å². The second-order valence-electron chi connectivity index (χ2n) is 2.94. The lowest BCUT2D eigenvalue weighted by Crippen LogP contribution is -2.15. The third-order valence-corrected chi connectivity index (χ3v) is 2.83. The van der Waals surface area contributed by atoms with E-state index in [1.807, 2.05) is 25.1 Å². The number of aromatic amines is 1. The third-order valence-electron chi connectivity index (χ3n) is 1.94. The highest BCUT2D eigenvalue weighted by atomic mass is 79.9. The normalized spacial score (nSPS) is 10.4. The van der Waals surface area contributed by atoms with Crippen LogP contribution in [0.2, 0.25) is 0 Å². The lowest BCUT2D eigenvalue weighted by atomic mass is 10.2. The zero-order valence-electron chi connectivity index (χ0n) is 7.49. The number of rotatable bonds is 1. The maximum absolute atomic E-state index is 11.2. The molecular weight excluding hydrogens is 246 g/mol. The predicted molar refractivity (Wildman–Crippen MR) is 56.6 cm³/mol. The number of halogens is 1. The zero-order valence-corrected chi connectivity index (χ0v) is 9.08. The van der Waals surface area contributed by atoms with Crippen LogP contribution in [0.25, 0.3) is 5.69 Å². The zero-order chi connectivity index (χ0) is 10.1. The van der Waals surface area contributed by atoms with E-state index in [1.165, 1.54) is 11.0 Å². The van der Waals surface area contributed by atoms with Crippen LogP contribution >= 0.6 is 15.9 Å². The summed E-state index contributed by atoms with van der Waals surface area (Å²) >= 11 is 3.40. The molecule has 1 aromatic heterocycles. The van der Waals surface area contributed by atoms with Gasteiger partial charge in [-0.1, -0.05) is 15.9 Å². The SMILES string of the molecule is Cc1cc(-n2nc[nH]c2=O)ccc1Br. The van der Waals surface area contributed by atoms with Crippen LogP contribution in [0.1, 0.15) is 5.56 Å². The molecule has 0 bridgehead atoms. The molecule has 0 atom stereocenters. The summed E-state index contributed by atoms with van der Waals surface area (Å²) in [5, 5.41) is 3.89. The summed E-state index contributed by atoms with van der Waals surface area (Å²) in [7, 11) is 0. The molecular formula is C9H8BrN3O. The van der Waals surface area contributed by atoms with E-state index in [2.05, 4.69) is 26.0 Å². The second-order valence-corrected chi connectivity index (χ2v) is 3.79. The van der Waals surface area contributed by atoms with Gasteiger partial charge < -0.3 is 0 Å². The first-order valence-electron chi connectivity index (χ1n) is 4.08. The molecule has 0 spiro atoms. The van der Waals surface area contributed by atoms with Gasteiger partial charge in [-0.15, -0.1) is 0 Å². The minimum atomic E-state index is -0.230. The minimum absolute atomic E-state index is 0.230. The van der Waals surface area contributed by atoms with Gasteiger partial charge in [-0.05, 0) is 30.7 Å². The fraction of sp³-hybridized carbons (Fsp3) is 0.111. The van der Waals surface area contributed by atoms with Gasteiger partial charge in [-0.2, -0.15) is 9.78 Å². The van der Waals surface area contributed by atoms with E-state index in [-0.39, 0.29) is 5.69 Å². The number of nitrogens with zero attached hydrogens (tertiary/aromatic N) is 2. The van der Waals surface area contributed by atoms with Crippen LogP contribution in [0.4, 0.5) is 0 Å². The molecule has 1 aromatic carbocycles.